The molecule has 0 radical (unpaired) electrons. The van der Waals surface area contributed by atoms with Crippen molar-refractivity contribution in [1.29, 1.82) is 0 Å². The summed E-state index contributed by atoms with van der Waals surface area (Å²) in [6, 6.07) is 6.06. The van der Waals surface area contributed by atoms with Crippen molar-refractivity contribution in [2.75, 3.05) is 0 Å². The van der Waals surface area contributed by atoms with Crippen molar-refractivity contribution in [2.45, 2.75) is 32.7 Å². The van der Waals surface area contributed by atoms with Gasteiger partial charge in [-0.15, -0.1) is 0 Å². The van der Waals surface area contributed by atoms with E-state index in [1.165, 1.54) is 0 Å². The Morgan fingerprint density at radius 3 is 2.37 bits per heavy atom. The third kappa shape index (κ3) is 4.91. The number of carbonyl (C=O) groups is 2. The van der Waals surface area contributed by atoms with Gasteiger partial charge in [-0.25, -0.2) is 4.79 Å². The zero-order chi connectivity index (χ0) is 14.4. The first kappa shape index (κ1) is 15.5. The largest absolute Gasteiger partial charge is 0.480 e. The van der Waals surface area contributed by atoms with Gasteiger partial charge < -0.3 is 10.4 Å². The zero-order valence-corrected chi connectivity index (χ0v) is 11.8. The molecule has 0 aliphatic rings. The van der Waals surface area contributed by atoms with Crippen LogP contribution in [-0.2, 0) is 16.0 Å². The minimum absolute atomic E-state index is 0.105. The molecule has 0 unspecified atom stereocenters. The van der Waals surface area contributed by atoms with E-state index >= 15 is 0 Å². The van der Waals surface area contributed by atoms with Gasteiger partial charge in [0.15, 0.2) is 0 Å². The van der Waals surface area contributed by atoms with E-state index in [4.69, 9.17) is 16.7 Å². The lowest BCUT2D eigenvalue weighted by molar-refractivity contribution is -0.143. The molecule has 0 spiro atoms. The summed E-state index contributed by atoms with van der Waals surface area (Å²) in [5.41, 5.74) is 0.801. The smallest absolute Gasteiger partial charge is 0.326 e. The highest BCUT2D eigenvalue weighted by Gasteiger charge is 2.25. The maximum Gasteiger partial charge on any atom is 0.326 e. The van der Waals surface area contributed by atoms with E-state index in [0.29, 0.717) is 11.4 Å². The predicted molar refractivity (Wildman–Crippen MR) is 74.2 cm³/mol. The number of hydrogen-bond donors (Lipinski definition) is 2. The molecule has 0 fully saturated rings. The molecule has 4 nitrogen and oxygen atoms in total. The fourth-order valence-electron chi connectivity index (χ4n) is 1.70. The Labute approximate surface area is 117 Å². The summed E-state index contributed by atoms with van der Waals surface area (Å²) >= 11 is 5.76. The Balaban J connectivity index is 2.62. The fourth-order valence-corrected chi connectivity index (χ4v) is 1.82. The van der Waals surface area contributed by atoms with E-state index < -0.39 is 12.0 Å². The van der Waals surface area contributed by atoms with Crippen molar-refractivity contribution in [2.24, 2.45) is 5.92 Å². The molecule has 0 aromatic heterocycles. The van der Waals surface area contributed by atoms with Crippen molar-refractivity contribution in [3.8, 4) is 0 Å². The number of aliphatic carboxylic acids is 1. The molecular weight excluding hydrogens is 266 g/mol. The second-order valence-electron chi connectivity index (χ2n) is 4.57. The van der Waals surface area contributed by atoms with Crippen LogP contribution < -0.4 is 5.32 Å². The third-order valence-electron chi connectivity index (χ3n) is 3.07. The van der Waals surface area contributed by atoms with Crippen LogP contribution in [0.25, 0.3) is 0 Å². The Morgan fingerprint density at radius 1 is 1.32 bits per heavy atom. The Morgan fingerprint density at radius 2 is 1.89 bits per heavy atom. The molecule has 0 saturated carbocycles. The van der Waals surface area contributed by atoms with Crippen LogP contribution in [0.1, 0.15) is 25.8 Å². The van der Waals surface area contributed by atoms with Crippen molar-refractivity contribution in [3.63, 3.8) is 0 Å². The number of hydrogen-bond acceptors (Lipinski definition) is 2. The first-order valence-corrected chi connectivity index (χ1v) is 6.58. The van der Waals surface area contributed by atoms with Crippen LogP contribution >= 0.6 is 11.6 Å². The molecule has 1 aromatic rings. The quantitative estimate of drug-likeness (QED) is 0.843. The second kappa shape index (κ2) is 7.14. The summed E-state index contributed by atoms with van der Waals surface area (Å²) in [7, 11) is 0. The minimum atomic E-state index is -1.00. The van der Waals surface area contributed by atoms with Gasteiger partial charge >= 0.3 is 5.97 Å². The number of benzene rings is 1. The van der Waals surface area contributed by atoms with E-state index in [0.717, 1.165) is 5.56 Å². The minimum Gasteiger partial charge on any atom is -0.480 e. The highest BCUT2D eigenvalue weighted by molar-refractivity contribution is 6.30. The van der Waals surface area contributed by atoms with Gasteiger partial charge in [0.2, 0.25) is 5.91 Å². The molecule has 1 aromatic carbocycles. The Bertz CT molecular complexity index is 445. The van der Waals surface area contributed by atoms with E-state index in [1.807, 2.05) is 6.92 Å². The standard InChI is InChI=1S/C14H18ClNO3/c1-3-9(2)13(14(18)19)16-12(17)8-10-4-6-11(15)7-5-10/h4-7,9,13H,3,8H2,1-2H3,(H,16,17)(H,18,19)/t9-,13-/m0/s1. The third-order valence-corrected chi connectivity index (χ3v) is 3.33. The molecule has 1 rings (SSSR count). The maximum atomic E-state index is 11.8. The first-order chi connectivity index (χ1) is 8.93. The van der Waals surface area contributed by atoms with Crippen LogP contribution in [0.4, 0.5) is 0 Å². The maximum absolute atomic E-state index is 11.8. The summed E-state index contributed by atoms with van der Waals surface area (Å²) in [4.78, 5) is 22.9. The molecule has 19 heavy (non-hydrogen) atoms. The van der Waals surface area contributed by atoms with Gasteiger partial charge in [0.25, 0.3) is 0 Å². The van der Waals surface area contributed by atoms with Gasteiger partial charge in [0.1, 0.15) is 6.04 Å². The molecule has 2 N–H and O–H groups in total. The number of amides is 1. The molecule has 0 heterocycles. The van der Waals surface area contributed by atoms with Crippen LogP contribution in [0.3, 0.4) is 0 Å². The van der Waals surface area contributed by atoms with Crippen molar-refractivity contribution < 1.29 is 14.7 Å². The average Bonchev–Trinajstić information content (AvgIpc) is 2.37. The monoisotopic (exact) mass is 283 g/mol. The average molecular weight is 284 g/mol. The topological polar surface area (TPSA) is 66.4 Å². The number of rotatable bonds is 6. The summed E-state index contributed by atoms with van der Waals surface area (Å²) in [6.07, 6.45) is 0.843. The van der Waals surface area contributed by atoms with E-state index in [-0.39, 0.29) is 18.2 Å². The van der Waals surface area contributed by atoms with Crippen LogP contribution in [-0.4, -0.2) is 23.0 Å². The van der Waals surface area contributed by atoms with Gasteiger partial charge in [-0.2, -0.15) is 0 Å². The molecule has 0 saturated heterocycles. The lowest BCUT2D eigenvalue weighted by atomic mass is 9.99. The zero-order valence-electron chi connectivity index (χ0n) is 11.0. The normalized spacial score (nSPS) is 13.6. The highest BCUT2D eigenvalue weighted by atomic mass is 35.5. The first-order valence-electron chi connectivity index (χ1n) is 6.20. The number of nitrogens with one attached hydrogen (secondary N) is 1. The van der Waals surface area contributed by atoms with E-state index in [1.54, 1.807) is 31.2 Å². The molecule has 104 valence electrons. The van der Waals surface area contributed by atoms with Crippen LogP contribution in [0.5, 0.6) is 0 Å². The molecular formula is C14H18ClNO3. The Hall–Kier alpha value is -1.55. The lowest BCUT2D eigenvalue weighted by Gasteiger charge is -2.20. The van der Waals surface area contributed by atoms with Crippen molar-refractivity contribution in [1.82, 2.24) is 5.32 Å². The molecule has 0 aliphatic carbocycles. The molecule has 0 aliphatic heterocycles. The van der Waals surface area contributed by atoms with Crippen LogP contribution in [0, 0.1) is 5.92 Å². The summed E-state index contributed by atoms with van der Waals surface area (Å²) in [6.45, 7) is 3.70. The van der Waals surface area contributed by atoms with Crippen LogP contribution in [0.15, 0.2) is 24.3 Å². The molecule has 2 atom stereocenters. The molecule has 1 amide bonds. The van der Waals surface area contributed by atoms with Crippen LogP contribution in [0.2, 0.25) is 5.02 Å². The summed E-state index contributed by atoms with van der Waals surface area (Å²) in [5.74, 6) is -1.40. The fraction of sp³-hybridized carbons (Fsp3) is 0.429. The predicted octanol–water partition coefficient (Wildman–Crippen LogP) is 2.50. The molecule has 0 bridgehead atoms. The van der Waals surface area contributed by atoms with Gasteiger partial charge in [-0.1, -0.05) is 44.0 Å². The van der Waals surface area contributed by atoms with Gasteiger partial charge in [0, 0.05) is 5.02 Å². The van der Waals surface area contributed by atoms with Gasteiger partial charge in [-0.05, 0) is 23.6 Å². The Kier molecular flexibility index (Phi) is 5.83. The van der Waals surface area contributed by atoms with E-state index in [9.17, 15) is 9.59 Å². The SMILES string of the molecule is CC[C@H](C)[C@H](NC(=O)Cc1ccc(Cl)cc1)C(=O)O. The second-order valence-corrected chi connectivity index (χ2v) is 5.01. The number of carboxylic acids is 1. The van der Waals surface area contributed by atoms with Crippen molar-refractivity contribution in [3.05, 3.63) is 34.9 Å². The van der Waals surface area contributed by atoms with Gasteiger partial charge in [0.05, 0.1) is 6.42 Å². The highest BCUT2D eigenvalue weighted by Crippen LogP contribution is 2.11. The summed E-state index contributed by atoms with van der Waals surface area (Å²) in [5, 5.41) is 12.3. The number of halogens is 1. The van der Waals surface area contributed by atoms with E-state index in [2.05, 4.69) is 5.32 Å². The number of carboxylic acid groups (broad SMARTS) is 1. The molecule has 5 heteroatoms. The van der Waals surface area contributed by atoms with Crippen molar-refractivity contribution >= 4 is 23.5 Å². The summed E-state index contributed by atoms with van der Waals surface area (Å²) < 4.78 is 0. The van der Waals surface area contributed by atoms with Gasteiger partial charge in [-0.3, -0.25) is 4.79 Å². The lowest BCUT2D eigenvalue weighted by Crippen LogP contribution is -2.45. The number of carbonyl (C=O) groups excluding carboxylic acids is 1.